The fourth-order valence-electron chi connectivity index (χ4n) is 0.532. The molecule has 0 fully saturated rings. The van der Waals surface area contributed by atoms with Gasteiger partial charge < -0.3 is 5.11 Å². The second-order valence-corrected chi connectivity index (χ2v) is 3.02. The summed E-state index contributed by atoms with van der Waals surface area (Å²) < 4.78 is 0. The minimum atomic E-state index is -0.731. The second kappa shape index (κ2) is 5.20. The minimum Gasteiger partial charge on any atom is -0.481 e. The molecular formula is C4H11AlNO2P. The van der Waals surface area contributed by atoms with E-state index < -0.39 is 5.97 Å². The number of hydrogen-bond donors (Lipinski definition) is 2. The monoisotopic (exact) mass is 163 g/mol. The summed E-state index contributed by atoms with van der Waals surface area (Å²) in [5.41, 5.74) is 0. The first-order valence-electron chi connectivity index (χ1n) is 2.88. The molecular weight excluding hydrogens is 152 g/mol. The van der Waals surface area contributed by atoms with Crippen molar-refractivity contribution in [1.29, 1.82) is 0 Å². The molecule has 2 unspecified atom stereocenters. The summed E-state index contributed by atoms with van der Waals surface area (Å²) >= 11 is 1.05. The lowest BCUT2D eigenvalue weighted by atomic mass is 10.2. The Balaban J connectivity index is 3.43. The first-order valence-corrected chi connectivity index (χ1v) is 4.87. The summed E-state index contributed by atoms with van der Waals surface area (Å²) in [6.45, 7) is 0. The molecule has 0 amide bonds. The van der Waals surface area contributed by atoms with Gasteiger partial charge in [-0.25, -0.2) is 0 Å². The van der Waals surface area contributed by atoms with Crippen molar-refractivity contribution in [3.8, 4) is 0 Å². The quantitative estimate of drug-likeness (QED) is 0.424. The molecule has 2 atom stereocenters. The van der Waals surface area contributed by atoms with Gasteiger partial charge in [-0.1, -0.05) is 14.7 Å². The van der Waals surface area contributed by atoms with E-state index in [9.17, 15) is 4.79 Å². The van der Waals surface area contributed by atoms with Gasteiger partial charge in [0.05, 0.1) is 6.42 Å². The van der Waals surface area contributed by atoms with Gasteiger partial charge in [-0.3, -0.25) is 9.88 Å². The van der Waals surface area contributed by atoms with Gasteiger partial charge in [-0.05, 0) is 0 Å². The third kappa shape index (κ3) is 4.87. The average molecular weight is 163 g/mol. The van der Waals surface area contributed by atoms with E-state index in [1.807, 2.05) is 0 Å². The molecule has 0 aliphatic heterocycles. The predicted octanol–water partition coefficient (Wildman–Crippen LogP) is -0.739. The molecule has 3 nitrogen and oxygen atoms in total. The molecule has 0 aromatic rings. The molecule has 0 bridgehead atoms. The maximum atomic E-state index is 10.1. The van der Waals surface area contributed by atoms with Gasteiger partial charge >= 0.3 is 5.97 Å². The lowest BCUT2D eigenvalue weighted by molar-refractivity contribution is -0.137. The Hall–Kier alpha value is 0.392. The summed E-state index contributed by atoms with van der Waals surface area (Å²) in [4.78, 5) is 10.1. The highest BCUT2D eigenvalue weighted by Crippen LogP contribution is 1.97. The Morgan fingerprint density at radius 2 is 2.44 bits per heavy atom. The van der Waals surface area contributed by atoms with Crippen molar-refractivity contribution in [1.82, 2.24) is 5.09 Å². The third-order valence-electron chi connectivity index (χ3n) is 1.15. The number of carboxylic acid groups (broad SMARTS) is 1. The topological polar surface area (TPSA) is 49.3 Å². The maximum Gasteiger partial charge on any atom is 0.304 e. The molecule has 0 saturated heterocycles. The van der Waals surface area contributed by atoms with Crippen LogP contribution in [0.5, 0.6) is 0 Å². The van der Waals surface area contributed by atoms with E-state index in [0.717, 1.165) is 21.6 Å². The van der Waals surface area contributed by atoms with Gasteiger partial charge in [-0.15, -0.1) is 0 Å². The van der Waals surface area contributed by atoms with Crippen LogP contribution in [-0.2, 0) is 4.79 Å². The molecule has 9 heavy (non-hydrogen) atoms. The van der Waals surface area contributed by atoms with Crippen LogP contribution in [0.15, 0.2) is 0 Å². The Kier molecular flexibility index (Phi) is 5.43. The van der Waals surface area contributed by atoms with Gasteiger partial charge in [0.1, 0.15) is 0 Å². The molecule has 5 heteroatoms. The molecule has 0 saturated carbocycles. The van der Waals surface area contributed by atoms with Crippen molar-refractivity contribution < 1.29 is 9.90 Å². The van der Waals surface area contributed by atoms with Crippen LogP contribution in [0, 0.1) is 0 Å². The number of hydrogen-bond acceptors (Lipinski definition) is 2. The van der Waals surface area contributed by atoms with Gasteiger partial charge in [0.15, 0.2) is 0 Å². The molecule has 0 aromatic heterocycles. The van der Waals surface area contributed by atoms with Gasteiger partial charge in [0.2, 0.25) is 16.3 Å². The van der Waals surface area contributed by atoms with Gasteiger partial charge in [0.25, 0.3) is 0 Å². The SMILES string of the molecule is O=C(O)CC([CH2][AlH2])NP. The van der Waals surface area contributed by atoms with E-state index in [4.69, 9.17) is 5.11 Å². The van der Waals surface area contributed by atoms with Gasteiger partial charge in [0, 0.05) is 6.04 Å². The average Bonchev–Trinajstić information content (AvgIpc) is 1.82. The smallest absolute Gasteiger partial charge is 0.304 e. The van der Waals surface area contributed by atoms with Crippen LogP contribution in [0.25, 0.3) is 0 Å². The Labute approximate surface area is 64.9 Å². The van der Waals surface area contributed by atoms with Crippen LogP contribution in [0.1, 0.15) is 6.42 Å². The van der Waals surface area contributed by atoms with Crippen LogP contribution in [0.2, 0.25) is 5.28 Å². The minimum absolute atomic E-state index is 0.152. The summed E-state index contributed by atoms with van der Waals surface area (Å²) in [5.74, 6) is -0.731. The number of aliphatic carboxylic acids is 1. The fraction of sp³-hybridized carbons (Fsp3) is 0.750. The molecule has 0 radical (unpaired) electrons. The van der Waals surface area contributed by atoms with E-state index >= 15 is 0 Å². The van der Waals surface area contributed by atoms with Crippen molar-refractivity contribution in [2.75, 3.05) is 0 Å². The Bertz CT molecular complexity index is 96.6. The lowest BCUT2D eigenvalue weighted by Gasteiger charge is -2.08. The van der Waals surface area contributed by atoms with E-state index in [0.29, 0.717) is 0 Å². The number of carboxylic acids is 1. The van der Waals surface area contributed by atoms with Crippen LogP contribution in [-0.4, -0.2) is 33.4 Å². The zero-order valence-corrected chi connectivity index (χ0v) is 8.58. The van der Waals surface area contributed by atoms with E-state index in [1.165, 1.54) is 0 Å². The van der Waals surface area contributed by atoms with Crippen LogP contribution in [0.3, 0.4) is 0 Å². The number of nitrogens with one attached hydrogen (secondary N) is 1. The summed E-state index contributed by atoms with van der Waals surface area (Å²) in [5, 5.41) is 12.1. The number of carbonyl (C=O) groups is 1. The standard InChI is InChI=1S/C4H9NO2P.Al.2H/c1-3(5-8)2-4(6)7;;;/h3,5H,1-2,8H2,(H,6,7);;;. The third-order valence-corrected chi connectivity index (χ3v) is 2.61. The van der Waals surface area contributed by atoms with E-state index in [-0.39, 0.29) is 12.5 Å². The van der Waals surface area contributed by atoms with Crippen LogP contribution < -0.4 is 5.09 Å². The van der Waals surface area contributed by atoms with Crippen molar-refractivity contribution >= 4 is 31.7 Å². The van der Waals surface area contributed by atoms with Crippen molar-refractivity contribution in [2.24, 2.45) is 0 Å². The first kappa shape index (κ1) is 9.39. The molecule has 0 spiro atoms. The van der Waals surface area contributed by atoms with Crippen molar-refractivity contribution in [2.45, 2.75) is 17.7 Å². The lowest BCUT2D eigenvalue weighted by Crippen LogP contribution is -2.22. The molecule has 0 aliphatic carbocycles. The van der Waals surface area contributed by atoms with Crippen LogP contribution >= 0.6 is 9.39 Å². The highest BCUT2D eigenvalue weighted by Gasteiger charge is 2.06. The Morgan fingerprint density at radius 1 is 1.89 bits per heavy atom. The molecule has 52 valence electrons. The largest absolute Gasteiger partial charge is 0.481 e. The zero-order chi connectivity index (χ0) is 7.28. The summed E-state index contributed by atoms with van der Waals surface area (Å²) in [6, 6.07) is 0.152. The Morgan fingerprint density at radius 3 is 2.56 bits per heavy atom. The van der Waals surface area contributed by atoms with E-state index in [2.05, 4.69) is 14.5 Å². The van der Waals surface area contributed by atoms with Gasteiger partial charge in [-0.2, -0.15) is 0 Å². The highest BCUT2D eigenvalue weighted by atomic mass is 31.0. The molecule has 0 aromatic carbocycles. The number of rotatable bonds is 4. The molecule has 0 rings (SSSR count). The molecule has 0 aliphatic rings. The van der Waals surface area contributed by atoms with Crippen molar-refractivity contribution in [3.05, 3.63) is 0 Å². The predicted molar refractivity (Wildman–Crippen MR) is 42.2 cm³/mol. The molecule has 2 N–H and O–H groups in total. The molecule has 0 heterocycles. The van der Waals surface area contributed by atoms with Crippen molar-refractivity contribution in [3.63, 3.8) is 0 Å². The fourth-order valence-corrected chi connectivity index (χ4v) is 1.88. The second-order valence-electron chi connectivity index (χ2n) is 1.87. The highest BCUT2D eigenvalue weighted by molar-refractivity contribution is 7.13. The summed E-state index contributed by atoms with van der Waals surface area (Å²) in [7, 11) is 2.34. The first-order chi connectivity index (χ1) is 4.20. The normalized spacial score (nSPS) is 13.0. The van der Waals surface area contributed by atoms with Crippen LogP contribution in [0.4, 0.5) is 0 Å². The zero-order valence-electron chi connectivity index (χ0n) is 5.42. The summed E-state index contributed by atoms with van der Waals surface area (Å²) in [6.07, 6.45) is 0.229. The maximum absolute atomic E-state index is 10.1. The van der Waals surface area contributed by atoms with E-state index in [1.54, 1.807) is 0 Å².